The summed E-state index contributed by atoms with van der Waals surface area (Å²) in [6.07, 6.45) is 4.09. The molecule has 1 aromatic heterocycles. The minimum Gasteiger partial charge on any atom is -0.304 e. The Morgan fingerprint density at radius 2 is 1.95 bits per heavy atom. The molecule has 0 aliphatic rings. The van der Waals surface area contributed by atoms with Gasteiger partial charge in [0.2, 0.25) is 0 Å². The Morgan fingerprint density at radius 3 is 2.63 bits per heavy atom. The van der Waals surface area contributed by atoms with Crippen LogP contribution in [0.2, 0.25) is 0 Å². The zero-order valence-electron chi connectivity index (χ0n) is 11.8. The first-order valence-electron chi connectivity index (χ1n) is 7.14. The molecule has 0 aliphatic carbocycles. The molecule has 102 valence electrons. The van der Waals surface area contributed by atoms with E-state index < -0.39 is 0 Å². The van der Waals surface area contributed by atoms with Crippen LogP contribution in [0.1, 0.15) is 44.0 Å². The van der Waals surface area contributed by atoms with Crippen molar-refractivity contribution in [3.8, 4) is 0 Å². The predicted octanol–water partition coefficient (Wildman–Crippen LogP) is 3.53. The van der Waals surface area contributed by atoms with Crippen LogP contribution in [0.4, 0.5) is 0 Å². The average molecular weight is 257 g/mol. The fraction of sp³-hybridized carbons (Fsp3) is 0.438. The van der Waals surface area contributed by atoms with E-state index in [0.29, 0.717) is 6.04 Å². The average Bonchev–Trinajstić information content (AvgIpc) is 2.89. The van der Waals surface area contributed by atoms with E-state index in [1.54, 1.807) is 0 Å². The van der Waals surface area contributed by atoms with Gasteiger partial charge in [-0.2, -0.15) is 5.10 Å². The van der Waals surface area contributed by atoms with Gasteiger partial charge in [-0.15, -0.1) is 0 Å². The molecule has 0 amide bonds. The molecule has 0 saturated heterocycles. The Kier molecular flexibility index (Phi) is 5.16. The monoisotopic (exact) mass is 257 g/mol. The number of aromatic nitrogens is 2. The van der Waals surface area contributed by atoms with E-state index in [0.717, 1.165) is 25.9 Å². The maximum Gasteiger partial charge on any atom is 0.0522 e. The quantitative estimate of drug-likeness (QED) is 0.822. The summed E-state index contributed by atoms with van der Waals surface area (Å²) in [6.45, 7) is 6.26. The highest BCUT2D eigenvalue weighted by Crippen LogP contribution is 2.16. The lowest BCUT2D eigenvalue weighted by atomic mass is 10.0. The van der Waals surface area contributed by atoms with E-state index in [2.05, 4.69) is 65.3 Å². The van der Waals surface area contributed by atoms with E-state index >= 15 is 0 Å². The van der Waals surface area contributed by atoms with Crippen molar-refractivity contribution in [1.82, 2.24) is 15.1 Å². The summed E-state index contributed by atoms with van der Waals surface area (Å²) in [5, 5.41) is 7.99. The molecule has 2 rings (SSSR count). The highest BCUT2D eigenvalue weighted by molar-refractivity contribution is 5.18. The molecule has 2 aromatic rings. The maximum absolute atomic E-state index is 4.36. The summed E-state index contributed by atoms with van der Waals surface area (Å²) < 4.78 is 2.09. The molecule has 19 heavy (non-hydrogen) atoms. The van der Waals surface area contributed by atoms with Crippen molar-refractivity contribution in [2.45, 2.75) is 45.8 Å². The van der Waals surface area contributed by atoms with Crippen LogP contribution in [0, 0.1) is 0 Å². The Balaban J connectivity index is 1.98. The van der Waals surface area contributed by atoms with Crippen LogP contribution in [0.15, 0.2) is 42.6 Å². The number of hydrogen-bond donors (Lipinski definition) is 1. The van der Waals surface area contributed by atoms with Gasteiger partial charge >= 0.3 is 0 Å². The third-order valence-electron chi connectivity index (χ3n) is 3.38. The fourth-order valence-electron chi connectivity index (χ4n) is 2.33. The normalized spacial score (nSPS) is 12.5. The lowest BCUT2D eigenvalue weighted by molar-refractivity contribution is 0.487. The summed E-state index contributed by atoms with van der Waals surface area (Å²) in [6, 6.07) is 13.1. The number of nitrogens with zero attached hydrogens (tertiary/aromatic N) is 2. The third-order valence-corrected chi connectivity index (χ3v) is 3.38. The third kappa shape index (κ3) is 3.67. The predicted molar refractivity (Wildman–Crippen MR) is 78.8 cm³/mol. The van der Waals surface area contributed by atoms with Crippen LogP contribution >= 0.6 is 0 Å². The Bertz CT molecular complexity index is 476. The van der Waals surface area contributed by atoms with Crippen molar-refractivity contribution in [2.24, 2.45) is 0 Å². The first kappa shape index (κ1) is 13.8. The van der Waals surface area contributed by atoms with Gasteiger partial charge in [-0.25, -0.2) is 0 Å². The van der Waals surface area contributed by atoms with E-state index in [1.807, 2.05) is 6.20 Å². The standard InChI is InChI=1S/C16H23N3/c1-3-12-19-15(10-11-18-19)13-17-16(4-2)14-8-6-5-7-9-14/h5-11,16-17H,3-4,12-13H2,1-2H3. The highest BCUT2D eigenvalue weighted by atomic mass is 15.3. The zero-order chi connectivity index (χ0) is 13.5. The molecule has 0 spiro atoms. The van der Waals surface area contributed by atoms with Crippen molar-refractivity contribution in [3.05, 3.63) is 53.9 Å². The van der Waals surface area contributed by atoms with Crippen LogP contribution in [-0.4, -0.2) is 9.78 Å². The van der Waals surface area contributed by atoms with Crippen molar-refractivity contribution >= 4 is 0 Å². The Morgan fingerprint density at radius 1 is 1.16 bits per heavy atom. The minimum atomic E-state index is 0.408. The van der Waals surface area contributed by atoms with Crippen molar-refractivity contribution in [2.75, 3.05) is 0 Å². The summed E-state index contributed by atoms with van der Waals surface area (Å²) >= 11 is 0. The number of rotatable bonds is 7. The zero-order valence-corrected chi connectivity index (χ0v) is 11.8. The van der Waals surface area contributed by atoms with Gasteiger partial charge in [0.1, 0.15) is 0 Å². The van der Waals surface area contributed by atoms with Crippen LogP contribution in [-0.2, 0) is 13.1 Å². The fourth-order valence-corrected chi connectivity index (χ4v) is 2.33. The van der Waals surface area contributed by atoms with E-state index in [-0.39, 0.29) is 0 Å². The van der Waals surface area contributed by atoms with Gasteiger partial charge in [-0.1, -0.05) is 44.2 Å². The first-order valence-corrected chi connectivity index (χ1v) is 7.14. The van der Waals surface area contributed by atoms with Gasteiger partial charge in [0.05, 0.1) is 5.69 Å². The lowest BCUT2D eigenvalue weighted by Gasteiger charge is -2.18. The molecule has 1 heterocycles. The van der Waals surface area contributed by atoms with Crippen molar-refractivity contribution in [3.63, 3.8) is 0 Å². The topological polar surface area (TPSA) is 29.9 Å². The molecular weight excluding hydrogens is 234 g/mol. The molecule has 1 unspecified atom stereocenters. The largest absolute Gasteiger partial charge is 0.304 e. The highest BCUT2D eigenvalue weighted by Gasteiger charge is 2.09. The molecule has 0 radical (unpaired) electrons. The second-order valence-electron chi connectivity index (χ2n) is 4.80. The molecule has 0 fully saturated rings. The van der Waals surface area contributed by atoms with Gasteiger partial charge in [0, 0.05) is 25.3 Å². The molecule has 1 N–H and O–H groups in total. The molecule has 0 bridgehead atoms. The lowest BCUT2D eigenvalue weighted by Crippen LogP contribution is -2.22. The van der Waals surface area contributed by atoms with Gasteiger partial charge in [0.25, 0.3) is 0 Å². The minimum absolute atomic E-state index is 0.408. The molecule has 0 saturated carbocycles. The van der Waals surface area contributed by atoms with Gasteiger partial charge in [-0.05, 0) is 24.5 Å². The van der Waals surface area contributed by atoms with Crippen molar-refractivity contribution in [1.29, 1.82) is 0 Å². The van der Waals surface area contributed by atoms with Gasteiger partial charge in [-0.3, -0.25) is 4.68 Å². The SMILES string of the molecule is CCCn1nccc1CNC(CC)c1ccccc1. The molecule has 0 aliphatic heterocycles. The van der Waals surface area contributed by atoms with Crippen LogP contribution in [0.3, 0.4) is 0 Å². The number of nitrogens with one attached hydrogen (secondary N) is 1. The van der Waals surface area contributed by atoms with E-state index in [9.17, 15) is 0 Å². The Labute approximate surface area is 115 Å². The summed E-state index contributed by atoms with van der Waals surface area (Å²) in [7, 11) is 0. The smallest absolute Gasteiger partial charge is 0.0522 e. The van der Waals surface area contributed by atoms with Gasteiger partial charge in [0.15, 0.2) is 0 Å². The van der Waals surface area contributed by atoms with Crippen LogP contribution in [0.25, 0.3) is 0 Å². The van der Waals surface area contributed by atoms with Gasteiger partial charge < -0.3 is 5.32 Å². The number of benzene rings is 1. The molecule has 1 aromatic carbocycles. The summed E-state index contributed by atoms with van der Waals surface area (Å²) in [4.78, 5) is 0. The molecule has 3 nitrogen and oxygen atoms in total. The summed E-state index contributed by atoms with van der Waals surface area (Å²) in [5.74, 6) is 0. The second kappa shape index (κ2) is 7.10. The number of aryl methyl sites for hydroxylation is 1. The van der Waals surface area contributed by atoms with Crippen LogP contribution < -0.4 is 5.32 Å². The Hall–Kier alpha value is -1.61. The van der Waals surface area contributed by atoms with Crippen LogP contribution in [0.5, 0.6) is 0 Å². The first-order chi connectivity index (χ1) is 9.35. The van der Waals surface area contributed by atoms with E-state index in [4.69, 9.17) is 0 Å². The van der Waals surface area contributed by atoms with Crippen molar-refractivity contribution < 1.29 is 0 Å². The molecule has 3 heteroatoms. The number of hydrogen-bond acceptors (Lipinski definition) is 2. The molecule has 1 atom stereocenters. The van der Waals surface area contributed by atoms with E-state index in [1.165, 1.54) is 11.3 Å². The second-order valence-corrected chi connectivity index (χ2v) is 4.80. The summed E-state index contributed by atoms with van der Waals surface area (Å²) in [5.41, 5.74) is 2.61. The maximum atomic E-state index is 4.36. The molecular formula is C16H23N3.